The molecule has 0 atom stereocenters. The van der Waals surface area contributed by atoms with Gasteiger partial charge < -0.3 is 9.47 Å². The molecule has 0 amide bonds. The first-order valence-corrected chi connectivity index (χ1v) is 21.3. The maximum absolute atomic E-state index is 2.49. The highest BCUT2D eigenvalue weighted by Crippen LogP contribution is 2.48. The third kappa shape index (κ3) is 6.74. The molecule has 0 bridgehead atoms. The highest BCUT2D eigenvalue weighted by molar-refractivity contribution is 6.11. The summed E-state index contributed by atoms with van der Waals surface area (Å²) in [7, 11) is 0. The average molecular weight is 791 g/mol. The van der Waals surface area contributed by atoms with E-state index in [-0.39, 0.29) is 0 Å². The molecule has 10 aromatic carbocycles. The predicted octanol–water partition coefficient (Wildman–Crippen LogP) is 16.6. The van der Waals surface area contributed by atoms with Crippen LogP contribution in [0.4, 0.5) is 17.1 Å². The Labute approximate surface area is 362 Å². The average Bonchev–Trinajstić information content (AvgIpc) is 3.69. The van der Waals surface area contributed by atoms with E-state index in [0.29, 0.717) is 0 Å². The van der Waals surface area contributed by atoms with Crippen molar-refractivity contribution >= 4 is 38.9 Å². The lowest BCUT2D eigenvalue weighted by atomic mass is 9.94. The summed E-state index contributed by atoms with van der Waals surface area (Å²) >= 11 is 0. The summed E-state index contributed by atoms with van der Waals surface area (Å²) in [6.45, 7) is 0. The summed E-state index contributed by atoms with van der Waals surface area (Å²) in [6.07, 6.45) is 0. The minimum absolute atomic E-state index is 1.06. The van der Waals surface area contributed by atoms with Crippen LogP contribution in [0.1, 0.15) is 0 Å². The molecule has 0 N–H and O–H groups in total. The molecule has 0 aliphatic rings. The van der Waals surface area contributed by atoms with Gasteiger partial charge in [0.1, 0.15) is 0 Å². The SMILES string of the molecule is c1ccc(-c2ccc(N(c3ccc4c5ccccc5n(-c5cc(-c6ccccc6)ccc5-c5ccccc5)c4c3)c3c(-c4ccccc4)cccc3-c3ccccc3)cc2)cc1. The van der Waals surface area contributed by atoms with E-state index in [2.05, 4.69) is 264 Å². The van der Waals surface area contributed by atoms with E-state index in [1.807, 2.05) is 0 Å². The van der Waals surface area contributed by atoms with Crippen LogP contribution in [0.5, 0.6) is 0 Å². The summed E-state index contributed by atoms with van der Waals surface area (Å²) in [5.41, 5.74) is 18.4. The van der Waals surface area contributed by atoms with E-state index in [0.717, 1.165) is 56.0 Å². The van der Waals surface area contributed by atoms with Crippen molar-refractivity contribution < 1.29 is 0 Å². The molecular formula is C60H42N2. The fraction of sp³-hybridized carbons (Fsp3) is 0. The Hall–Kier alpha value is -8.20. The van der Waals surface area contributed by atoms with Gasteiger partial charge >= 0.3 is 0 Å². The molecule has 2 heteroatoms. The van der Waals surface area contributed by atoms with E-state index in [4.69, 9.17) is 0 Å². The van der Waals surface area contributed by atoms with Crippen LogP contribution in [-0.4, -0.2) is 4.57 Å². The maximum atomic E-state index is 2.49. The minimum Gasteiger partial charge on any atom is -0.309 e. The maximum Gasteiger partial charge on any atom is 0.0618 e. The summed E-state index contributed by atoms with van der Waals surface area (Å²) in [4.78, 5) is 2.47. The lowest BCUT2D eigenvalue weighted by Gasteiger charge is -2.31. The molecule has 0 aliphatic heterocycles. The summed E-state index contributed by atoms with van der Waals surface area (Å²) in [6, 6.07) is 92.2. The van der Waals surface area contributed by atoms with Crippen LogP contribution in [0.2, 0.25) is 0 Å². The van der Waals surface area contributed by atoms with Crippen LogP contribution in [-0.2, 0) is 0 Å². The molecule has 0 fully saturated rings. The molecule has 0 radical (unpaired) electrons. The first-order valence-electron chi connectivity index (χ1n) is 21.3. The molecule has 292 valence electrons. The van der Waals surface area contributed by atoms with Gasteiger partial charge in [-0.3, -0.25) is 0 Å². The number of anilines is 3. The molecule has 0 aliphatic carbocycles. The molecule has 0 spiro atoms. The van der Waals surface area contributed by atoms with Crippen LogP contribution in [0.3, 0.4) is 0 Å². The van der Waals surface area contributed by atoms with Gasteiger partial charge in [0.15, 0.2) is 0 Å². The highest BCUT2D eigenvalue weighted by atomic mass is 15.1. The smallest absolute Gasteiger partial charge is 0.0618 e. The Morgan fingerprint density at radius 1 is 0.258 bits per heavy atom. The van der Waals surface area contributed by atoms with Crippen molar-refractivity contribution in [2.24, 2.45) is 0 Å². The van der Waals surface area contributed by atoms with Crippen LogP contribution in [0, 0.1) is 0 Å². The Morgan fingerprint density at radius 2 is 0.694 bits per heavy atom. The summed E-state index contributed by atoms with van der Waals surface area (Å²) in [5.74, 6) is 0. The van der Waals surface area contributed by atoms with Gasteiger partial charge in [-0.25, -0.2) is 0 Å². The first kappa shape index (κ1) is 36.8. The Bertz CT molecular complexity index is 3240. The summed E-state index contributed by atoms with van der Waals surface area (Å²) < 4.78 is 2.49. The van der Waals surface area contributed by atoms with Gasteiger partial charge in [0, 0.05) is 38.8 Å². The molecule has 62 heavy (non-hydrogen) atoms. The van der Waals surface area contributed by atoms with Crippen molar-refractivity contribution in [2.75, 3.05) is 4.90 Å². The van der Waals surface area contributed by atoms with E-state index < -0.39 is 0 Å². The van der Waals surface area contributed by atoms with E-state index in [1.165, 1.54) is 44.2 Å². The van der Waals surface area contributed by atoms with E-state index >= 15 is 0 Å². The second-order valence-electron chi connectivity index (χ2n) is 15.7. The lowest BCUT2D eigenvalue weighted by molar-refractivity contribution is 1.18. The number of aromatic nitrogens is 1. The zero-order valence-electron chi connectivity index (χ0n) is 34.1. The second-order valence-corrected chi connectivity index (χ2v) is 15.7. The lowest BCUT2D eigenvalue weighted by Crippen LogP contribution is -2.13. The van der Waals surface area contributed by atoms with Crippen molar-refractivity contribution in [3.63, 3.8) is 0 Å². The largest absolute Gasteiger partial charge is 0.309 e. The van der Waals surface area contributed by atoms with Gasteiger partial charge in [-0.1, -0.05) is 218 Å². The van der Waals surface area contributed by atoms with E-state index in [1.54, 1.807) is 0 Å². The van der Waals surface area contributed by atoms with Crippen molar-refractivity contribution in [2.45, 2.75) is 0 Å². The molecule has 11 rings (SSSR count). The van der Waals surface area contributed by atoms with Crippen molar-refractivity contribution in [3.8, 4) is 61.3 Å². The molecule has 1 heterocycles. The van der Waals surface area contributed by atoms with Crippen molar-refractivity contribution in [3.05, 3.63) is 255 Å². The third-order valence-corrected chi connectivity index (χ3v) is 12.0. The highest BCUT2D eigenvalue weighted by Gasteiger charge is 2.24. The predicted molar refractivity (Wildman–Crippen MR) is 263 cm³/mol. The number of para-hydroxylation sites is 2. The molecule has 11 aromatic rings. The van der Waals surface area contributed by atoms with Crippen LogP contribution in [0.15, 0.2) is 255 Å². The number of benzene rings is 10. The zero-order chi connectivity index (χ0) is 41.2. The molecule has 0 saturated heterocycles. The molecule has 0 unspecified atom stereocenters. The minimum atomic E-state index is 1.06. The molecule has 2 nitrogen and oxygen atoms in total. The molecular weight excluding hydrogens is 749 g/mol. The van der Waals surface area contributed by atoms with Crippen LogP contribution in [0.25, 0.3) is 83.1 Å². The van der Waals surface area contributed by atoms with Gasteiger partial charge in [0.2, 0.25) is 0 Å². The number of hydrogen-bond acceptors (Lipinski definition) is 1. The standard InChI is InChI=1S/C60H42N2/c1-6-19-43(20-7-1)45-33-36-50(37-34-45)61(60-53(47-25-12-4-13-26-47)30-18-31-54(60)48-27-14-5-15-28-48)51-38-40-56-55-29-16-17-32-57(55)62(59(56)42-51)58-41-49(44-21-8-2-9-22-44)35-39-52(58)46-23-10-3-11-24-46/h1-42H. The van der Waals surface area contributed by atoms with E-state index in [9.17, 15) is 0 Å². The number of hydrogen-bond donors (Lipinski definition) is 0. The van der Waals surface area contributed by atoms with Gasteiger partial charge in [0.05, 0.1) is 22.4 Å². The first-order chi connectivity index (χ1) is 30.8. The monoisotopic (exact) mass is 790 g/mol. The fourth-order valence-electron chi connectivity index (χ4n) is 9.07. The van der Waals surface area contributed by atoms with Gasteiger partial charge in [0.25, 0.3) is 0 Å². The third-order valence-electron chi connectivity index (χ3n) is 12.0. The Morgan fingerprint density at radius 3 is 1.27 bits per heavy atom. The van der Waals surface area contributed by atoms with Crippen LogP contribution >= 0.6 is 0 Å². The summed E-state index contributed by atoms with van der Waals surface area (Å²) in [5, 5.41) is 2.42. The van der Waals surface area contributed by atoms with Gasteiger partial charge in [-0.15, -0.1) is 0 Å². The number of rotatable bonds is 9. The normalized spacial score (nSPS) is 11.2. The van der Waals surface area contributed by atoms with Crippen molar-refractivity contribution in [1.29, 1.82) is 0 Å². The Kier molecular flexibility index (Phi) is 9.57. The Balaban J connectivity index is 1.21. The van der Waals surface area contributed by atoms with Crippen LogP contribution < -0.4 is 4.90 Å². The fourth-order valence-corrected chi connectivity index (χ4v) is 9.07. The molecule has 1 aromatic heterocycles. The van der Waals surface area contributed by atoms with Gasteiger partial charge in [-0.05, 0) is 75.3 Å². The quantitative estimate of drug-likeness (QED) is 0.141. The number of nitrogens with zero attached hydrogens (tertiary/aromatic N) is 2. The second kappa shape index (κ2) is 16.1. The molecule has 0 saturated carbocycles. The number of fused-ring (bicyclic) bond motifs is 3. The zero-order valence-corrected chi connectivity index (χ0v) is 34.1. The van der Waals surface area contributed by atoms with Gasteiger partial charge in [-0.2, -0.15) is 0 Å². The van der Waals surface area contributed by atoms with Crippen molar-refractivity contribution in [1.82, 2.24) is 4.57 Å². The topological polar surface area (TPSA) is 8.17 Å².